The van der Waals surface area contributed by atoms with Gasteiger partial charge in [-0.2, -0.15) is 4.73 Å². The van der Waals surface area contributed by atoms with Crippen molar-refractivity contribution >= 4 is 11.9 Å². The van der Waals surface area contributed by atoms with Gasteiger partial charge in [-0.3, -0.25) is 4.79 Å². The zero-order valence-electron chi connectivity index (χ0n) is 14.3. The molecule has 0 saturated heterocycles. The third kappa shape index (κ3) is 3.63. The van der Waals surface area contributed by atoms with E-state index in [4.69, 9.17) is 4.74 Å². The first-order valence-electron chi connectivity index (χ1n) is 7.84. The number of likely N-dealkylation sites (N-methyl/N-ethyl adjacent to an activating group) is 1. The number of esters is 1. The Morgan fingerprint density at radius 3 is 2.72 bits per heavy atom. The van der Waals surface area contributed by atoms with Gasteiger partial charge < -0.3 is 25.7 Å². The minimum absolute atomic E-state index is 0.171. The second-order valence-electron chi connectivity index (χ2n) is 5.44. The molecule has 1 aromatic rings. The molecule has 3 N–H and O–H groups in total. The van der Waals surface area contributed by atoms with Gasteiger partial charge in [0.1, 0.15) is 0 Å². The number of allylic oxidation sites excluding steroid dienone is 1. The number of hydrogen-bond donors (Lipinski definition) is 3. The number of aliphatic hydroxyl groups is 1. The molecule has 0 saturated carbocycles. The van der Waals surface area contributed by atoms with Crippen LogP contribution in [0.5, 0.6) is 0 Å². The number of carbonyl (C=O) groups excluding carboxylic acids is 2. The standard InChI is InChI=1S/C17H21N3O5/c1-4-25-17(23)13-10(2)19-12(9-21)15(16(22)18-3)14(13)11-6-5-7-20(24)8-11/h5-8,14,19,21H,4,9H2,1-3H3,(H,18,22). The molecule has 1 aliphatic heterocycles. The molecule has 0 aromatic carbocycles. The maximum absolute atomic E-state index is 12.5. The number of ether oxygens (including phenoxy) is 1. The quantitative estimate of drug-likeness (QED) is 0.387. The summed E-state index contributed by atoms with van der Waals surface area (Å²) in [6.07, 6.45) is 2.60. The number of aromatic nitrogens is 1. The van der Waals surface area contributed by atoms with Gasteiger partial charge in [0.15, 0.2) is 12.4 Å². The Balaban J connectivity index is 2.70. The number of nitrogens with one attached hydrogen (secondary N) is 2. The molecule has 8 nitrogen and oxygen atoms in total. The maximum Gasteiger partial charge on any atom is 0.336 e. The number of hydrogen-bond acceptors (Lipinski definition) is 6. The van der Waals surface area contributed by atoms with Crippen LogP contribution in [-0.4, -0.2) is 37.2 Å². The molecule has 1 aliphatic rings. The van der Waals surface area contributed by atoms with E-state index < -0.39 is 24.4 Å². The molecule has 0 radical (unpaired) electrons. The molecule has 0 aliphatic carbocycles. The van der Waals surface area contributed by atoms with E-state index in [1.54, 1.807) is 19.9 Å². The lowest BCUT2D eigenvalue weighted by molar-refractivity contribution is -0.605. The van der Waals surface area contributed by atoms with E-state index in [-0.39, 0.29) is 23.5 Å². The Morgan fingerprint density at radius 2 is 2.16 bits per heavy atom. The van der Waals surface area contributed by atoms with Gasteiger partial charge in [0.2, 0.25) is 5.91 Å². The lowest BCUT2D eigenvalue weighted by atomic mass is 9.80. The molecule has 8 heteroatoms. The molecule has 1 amide bonds. The van der Waals surface area contributed by atoms with Gasteiger partial charge in [-0.25, -0.2) is 4.79 Å². The number of carbonyl (C=O) groups is 2. The van der Waals surface area contributed by atoms with Crippen LogP contribution in [0.3, 0.4) is 0 Å². The minimum Gasteiger partial charge on any atom is -0.619 e. The van der Waals surface area contributed by atoms with Gasteiger partial charge in [0, 0.05) is 24.4 Å². The van der Waals surface area contributed by atoms with Crippen molar-refractivity contribution in [2.24, 2.45) is 0 Å². The van der Waals surface area contributed by atoms with Crippen molar-refractivity contribution in [3.63, 3.8) is 0 Å². The van der Waals surface area contributed by atoms with E-state index in [0.29, 0.717) is 16.0 Å². The fraction of sp³-hybridized carbons (Fsp3) is 0.353. The second kappa shape index (κ2) is 7.80. The average Bonchev–Trinajstić information content (AvgIpc) is 2.60. The number of nitrogens with zero attached hydrogens (tertiary/aromatic N) is 1. The van der Waals surface area contributed by atoms with Crippen molar-refractivity contribution in [2.45, 2.75) is 19.8 Å². The second-order valence-corrected chi connectivity index (χ2v) is 5.44. The fourth-order valence-corrected chi connectivity index (χ4v) is 2.88. The van der Waals surface area contributed by atoms with Crippen molar-refractivity contribution in [3.05, 3.63) is 57.8 Å². The Kier molecular flexibility index (Phi) is 5.76. The van der Waals surface area contributed by atoms with Gasteiger partial charge in [0.25, 0.3) is 0 Å². The Morgan fingerprint density at radius 1 is 1.44 bits per heavy atom. The third-order valence-corrected chi connectivity index (χ3v) is 3.90. The van der Waals surface area contributed by atoms with Crippen molar-refractivity contribution in [2.75, 3.05) is 20.3 Å². The monoisotopic (exact) mass is 347 g/mol. The van der Waals surface area contributed by atoms with Crippen LogP contribution >= 0.6 is 0 Å². The number of dihydropyridines is 1. The van der Waals surface area contributed by atoms with Crippen molar-refractivity contribution in [3.8, 4) is 0 Å². The first-order chi connectivity index (χ1) is 11.9. The van der Waals surface area contributed by atoms with E-state index >= 15 is 0 Å². The first-order valence-corrected chi connectivity index (χ1v) is 7.84. The summed E-state index contributed by atoms with van der Waals surface area (Å²) in [7, 11) is 1.45. The van der Waals surface area contributed by atoms with E-state index in [1.165, 1.54) is 25.5 Å². The summed E-state index contributed by atoms with van der Waals surface area (Å²) < 4.78 is 5.72. The molecule has 1 aromatic heterocycles. The lowest BCUT2D eigenvalue weighted by Crippen LogP contribution is -2.38. The van der Waals surface area contributed by atoms with Crippen molar-refractivity contribution in [1.82, 2.24) is 10.6 Å². The molecular formula is C17H21N3O5. The summed E-state index contributed by atoms with van der Waals surface area (Å²) in [5.41, 5.74) is 1.58. The SMILES string of the molecule is CCOC(=O)C1=C(C)NC(CO)=C(C(=O)NC)C1c1ccc[n+]([O-])c1. The van der Waals surface area contributed by atoms with Crippen LogP contribution in [-0.2, 0) is 14.3 Å². The Bertz CT molecular complexity index is 754. The summed E-state index contributed by atoms with van der Waals surface area (Å²) in [5, 5.41) is 26.8. The van der Waals surface area contributed by atoms with Crippen LogP contribution in [0.4, 0.5) is 0 Å². The molecule has 0 spiro atoms. The molecular weight excluding hydrogens is 326 g/mol. The van der Waals surface area contributed by atoms with Gasteiger partial charge >= 0.3 is 5.97 Å². The van der Waals surface area contributed by atoms with Crippen molar-refractivity contribution < 1.29 is 24.2 Å². The van der Waals surface area contributed by atoms with Crippen LogP contribution in [0.1, 0.15) is 25.3 Å². The van der Waals surface area contributed by atoms with E-state index in [9.17, 15) is 19.9 Å². The Labute approximate surface area is 145 Å². The van der Waals surface area contributed by atoms with Crippen LogP contribution in [0.2, 0.25) is 0 Å². The van der Waals surface area contributed by atoms with Gasteiger partial charge in [0.05, 0.1) is 36.0 Å². The van der Waals surface area contributed by atoms with E-state index in [1.807, 2.05) is 0 Å². The van der Waals surface area contributed by atoms with Gasteiger partial charge in [-0.1, -0.05) is 0 Å². The van der Waals surface area contributed by atoms with E-state index in [2.05, 4.69) is 10.6 Å². The highest BCUT2D eigenvalue weighted by Crippen LogP contribution is 2.38. The average molecular weight is 347 g/mol. The van der Waals surface area contributed by atoms with Gasteiger partial charge in [-0.05, 0) is 19.9 Å². The van der Waals surface area contributed by atoms with Crippen LogP contribution < -0.4 is 15.4 Å². The predicted octanol–water partition coefficient (Wildman–Crippen LogP) is -0.164. The zero-order chi connectivity index (χ0) is 18.6. The summed E-state index contributed by atoms with van der Waals surface area (Å²) in [6.45, 7) is 3.09. The highest BCUT2D eigenvalue weighted by Gasteiger charge is 2.38. The molecule has 0 fully saturated rings. The summed E-state index contributed by atoms with van der Waals surface area (Å²) in [4.78, 5) is 25.0. The normalized spacial score (nSPS) is 17.2. The smallest absolute Gasteiger partial charge is 0.336 e. The lowest BCUT2D eigenvalue weighted by Gasteiger charge is -2.30. The molecule has 0 bridgehead atoms. The van der Waals surface area contributed by atoms with E-state index in [0.717, 1.165) is 0 Å². The molecule has 2 rings (SSSR count). The summed E-state index contributed by atoms with van der Waals surface area (Å²) in [5.74, 6) is -1.88. The third-order valence-electron chi connectivity index (χ3n) is 3.90. The number of rotatable bonds is 5. The minimum atomic E-state index is -0.830. The van der Waals surface area contributed by atoms with Crippen LogP contribution in [0.15, 0.2) is 47.1 Å². The predicted molar refractivity (Wildman–Crippen MR) is 88.8 cm³/mol. The highest BCUT2D eigenvalue weighted by atomic mass is 16.5. The molecule has 25 heavy (non-hydrogen) atoms. The number of aliphatic hydroxyl groups excluding tert-OH is 1. The molecule has 134 valence electrons. The zero-order valence-corrected chi connectivity index (χ0v) is 14.3. The first kappa shape index (κ1) is 18.5. The fourth-order valence-electron chi connectivity index (χ4n) is 2.88. The molecule has 1 unspecified atom stereocenters. The molecule has 2 heterocycles. The van der Waals surface area contributed by atoms with Crippen LogP contribution in [0, 0.1) is 5.21 Å². The topological polar surface area (TPSA) is 115 Å². The highest BCUT2D eigenvalue weighted by molar-refractivity contribution is 6.02. The number of pyridine rings is 1. The summed E-state index contributed by atoms with van der Waals surface area (Å²) in [6, 6.07) is 3.18. The maximum atomic E-state index is 12.5. The number of amides is 1. The Hall–Kier alpha value is -2.87. The van der Waals surface area contributed by atoms with Crippen LogP contribution in [0.25, 0.3) is 0 Å². The van der Waals surface area contributed by atoms with Crippen molar-refractivity contribution in [1.29, 1.82) is 0 Å². The summed E-state index contributed by atoms with van der Waals surface area (Å²) >= 11 is 0. The molecule has 1 atom stereocenters. The van der Waals surface area contributed by atoms with Gasteiger partial charge in [-0.15, -0.1) is 0 Å². The largest absolute Gasteiger partial charge is 0.619 e.